The van der Waals surface area contributed by atoms with E-state index in [0.717, 1.165) is 16.9 Å². The lowest BCUT2D eigenvalue weighted by molar-refractivity contribution is 0.104. The van der Waals surface area contributed by atoms with Gasteiger partial charge in [-0.25, -0.2) is 4.68 Å². The van der Waals surface area contributed by atoms with Gasteiger partial charge in [-0.05, 0) is 46.3 Å². The Morgan fingerprint density at radius 2 is 1.92 bits per heavy atom. The maximum absolute atomic E-state index is 12.4. The van der Waals surface area contributed by atoms with Crippen molar-refractivity contribution in [1.82, 2.24) is 20.2 Å². The Morgan fingerprint density at radius 1 is 1.12 bits per heavy atom. The summed E-state index contributed by atoms with van der Waals surface area (Å²) in [5.41, 5.74) is 3.43. The highest BCUT2D eigenvalue weighted by molar-refractivity contribution is 6.07. The molecule has 3 aromatic rings. The van der Waals surface area contributed by atoms with Gasteiger partial charge in [-0.3, -0.25) is 4.79 Å². The highest BCUT2D eigenvalue weighted by atomic mass is 16.1. The zero-order valence-electron chi connectivity index (χ0n) is 13.5. The van der Waals surface area contributed by atoms with Crippen LogP contribution in [0.3, 0.4) is 0 Å². The van der Waals surface area contributed by atoms with E-state index >= 15 is 0 Å². The molecule has 0 aliphatic carbocycles. The summed E-state index contributed by atoms with van der Waals surface area (Å²) in [6.07, 6.45) is 4.88. The van der Waals surface area contributed by atoms with Crippen LogP contribution in [-0.4, -0.2) is 40.1 Å². The van der Waals surface area contributed by atoms with Crippen LogP contribution < -0.4 is 4.90 Å². The van der Waals surface area contributed by atoms with Crippen molar-refractivity contribution in [2.75, 3.05) is 19.0 Å². The van der Waals surface area contributed by atoms with Gasteiger partial charge in [0.1, 0.15) is 6.33 Å². The Labute approximate surface area is 140 Å². The fraction of sp³-hybridized carbons (Fsp3) is 0.111. The molecule has 1 aromatic heterocycles. The van der Waals surface area contributed by atoms with Crippen LogP contribution in [0.4, 0.5) is 5.69 Å². The van der Waals surface area contributed by atoms with Gasteiger partial charge >= 0.3 is 0 Å². The number of carbonyl (C=O) groups is 1. The monoisotopic (exact) mass is 319 g/mol. The smallest absolute Gasteiger partial charge is 0.185 e. The van der Waals surface area contributed by atoms with Crippen molar-refractivity contribution in [3.8, 4) is 5.69 Å². The second-order valence-corrected chi connectivity index (χ2v) is 5.49. The Balaban J connectivity index is 1.76. The van der Waals surface area contributed by atoms with Gasteiger partial charge in [-0.15, -0.1) is 5.10 Å². The van der Waals surface area contributed by atoms with Crippen LogP contribution in [0.1, 0.15) is 15.9 Å². The second-order valence-electron chi connectivity index (χ2n) is 5.49. The van der Waals surface area contributed by atoms with E-state index in [0.29, 0.717) is 5.56 Å². The summed E-state index contributed by atoms with van der Waals surface area (Å²) in [6, 6.07) is 15.2. The molecule has 3 rings (SSSR count). The molecule has 0 aliphatic heterocycles. The number of benzene rings is 2. The molecule has 6 nitrogen and oxygen atoms in total. The zero-order valence-corrected chi connectivity index (χ0v) is 13.5. The van der Waals surface area contributed by atoms with Gasteiger partial charge in [0.25, 0.3) is 0 Å². The summed E-state index contributed by atoms with van der Waals surface area (Å²) in [5, 5.41) is 11.0. The molecule has 0 saturated carbocycles. The van der Waals surface area contributed by atoms with E-state index < -0.39 is 0 Å². The van der Waals surface area contributed by atoms with Crippen LogP contribution in [-0.2, 0) is 0 Å². The Bertz CT molecular complexity index is 851. The third kappa shape index (κ3) is 3.55. The summed E-state index contributed by atoms with van der Waals surface area (Å²) < 4.78 is 1.51. The highest BCUT2D eigenvalue weighted by Gasteiger charge is 2.05. The van der Waals surface area contributed by atoms with Crippen LogP contribution in [0.2, 0.25) is 0 Å². The normalized spacial score (nSPS) is 10.9. The number of tetrazole rings is 1. The average Bonchev–Trinajstić information content (AvgIpc) is 3.15. The fourth-order valence-electron chi connectivity index (χ4n) is 2.23. The molecule has 0 atom stereocenters. The van der Waals surface area contributed by atoms with E-state index in [1.807, 2.05) is 61.5 Å². The van der Waals surface area contributed by atoms with Crippen molar-refractivity contribution in [3.05, 3.63) is 72.1 Å². The molecular formula is C18H17N5O. The molecule has 120 valence electrons. The minimum atomic E-state index is -0.0680. The molecule has 2 aromatic carbocycles. The van der Waals surface area contributed by atoms with Gasteiger partial charge in [0.05, 0.1) is 5.69 Å². The zero-order chi connectivity index (χ0) is 16.9. The quantitative estimate of drug-likeness (QED) is 0.534. The number of rotatable bonds is 5. The molecule has 24 heavy (non-hydrogen) atoms. The van der Waals surface area contributed by atoms with E-state index in [2.05, 4.69) is 15.5 Å². The van der Waals surface area contributed by atoms with Crippen molar-refractivity contribution in [2.24, 2.45) is 0 Å². The minimum Gasteiger partial charge on any atom is -0.378 e. The third-order valence-electron chi connectivity index (χ3n) is 3.58. The lowest BCUT2D eigenvalue weighted by Crippen LogP contribution is -2.07. The lowest BCUT2D eigenvalue weighted by Gasteiger charge is -2.11. The van der Waals surface area contributed by atoms with Gasteiger partial charge in [-0.2, -0.15) is 0 Å². The van der Waals surface area contributed by atoms with Crippen LogP contribution in [0.15, 0.2) is 60.9 Å². The van der Waals surface area contributed by atoms with Crippen molar-refractivity contribution >= 4 is 17.5 Å². The third-order valence-corrected chi connectivity index (χ3v) is 3.58. The molecule has 0 N–H and O–H groups in total. The summed E-state index contributed by atoms with van der Waals surface area (Å²) in [5.74, 6) is -0.0680. The number of anilines is 1. The molecule has 0 aliphatic rings. The van der Waals surface area contributed by atoms with E-state index in [1.54, 1.807) is 18.2 Å². The molecular weight excluding hydrogens is 302 g/mol. The van der Waals surface area contributed by atoms with Crippen molar-refractivity contribution < 1.29 is 4.79 Å². The second kappa shape index (κ2) is 6.87. The van der Waals surface area contributed by atoms with Crippen LogP contribution in [0.25, 0.3) is 11.8 Å². The first-order chi connectivity index (χ1) is 11.6. The standard InChI is InChI=1S/C18H17N5O/c1-22(2)16-9-6-14(7-10-16)8-11-18(24)15-4-3-5-17(12-15)23-13-19-20-21-23/h3-13H,1-2H3/b11-8+. The van der Waals surface area contributed by atoms with Crippen LogP contribution >= 0.6 is 0 Å². The predicted molar refractivity (Wildman–Crippen MR) is 93.3 cm³/mol. The van der Waals surface area contributed by atoms with Gasteiger partial charge < -0.3 is 4.90 Å². The Kier molecular flexibility index (Phi) is 4.47. The number of aromatic nitrogens is 4. The molecule has 0 spiro atoms. The maximum Gasteiger partial charge on any atom is 0.185 e. The number of hydrogen-bond acceptors (Lipinski definition) is 5. The first kappa shape index (κ1) is 15.6. The number of ketones is 1. The number of hydrogen-bond donors (Lipinski definition) is 0. The first-order valence-electron chi connectivity index (χ1n) is 7.47. The molecule has 1 heterocycles. The molecule has 0 amide bonds. The highest BCUT2D eigenvalue weighted by Crippen LogP contribution is 2.14. The minimum absolute atomic E-state index is 0.0680. The van der Waals surface area contributed by atoms with E-state index in [1.165, 1.54) is 11.0 Å². The Hall–Kier alpha value is -3.28. The molecule has 0 bridgehead atoms. The largest absolute Gasteiger partial charge is 0.378 e. The van der Waals surface area contributed by atoms with Crippen molar-refractivity contribution in [2.45, 2.75) is 0 Å². The van der Waals surface area contributed by atoms with Gasteiger partial charge in [0, 0.05) is 25.3 Å². The first-order valence-corrected chi connectivity index (χ1v) is 7.47. The number of nitrogens with zero attached hydrogens (tertiary/aromatic N) is 5. The van der Waals surface area contributed by atoms with Crippen molar-refractivity contribution in [3.63, 3.8) is 0 Å². The predicted octanol–water partition coefficient (Wildman–Crippen LogP) is 2.62. The van der Waals surface area contributed by atoms with Gasteiger partial charge in [-0.1, -0.05) is 30.3 Å². The summed E-state index contributed by atoms with van der Waals surface area (Å²) >= 11 is 0. The number of allylic oxidation sites excluding steroid dienone is 1. The fourth-order valence-corrected chi connectivity index (χ4v) is 2.23. The summed E-state index contributed by atoms with van der Waals surface area (Å²) in [6.45, 7) is 0. The molecule has 0 saturated heterocycles. The van der Waals surface area contributed by atoms with Gasteiger partial charge in [0.15, 0.2) is 5.78 Å². The van der Waals surface area contributed by atoms with Crippen LogP contribution in [0, 0.1) is 0 Å². The molecule has 0 fully saturated rings. The molecule has 0 radical (unpaired) electrons. The topological polar surface area (TPSA) is 63.9 Å². The van der Waals surface area contributed by atoms with Gasteiger partial charge in [0.2, 0.25) is 0 Å². The SMILES string of the molecule is CN(C)c1ccc(/C=C/C(=O)c2cccc(-n3cnnn3)c2)cc1. The molecule has 0 unspecified atom stereocenters. The van der Waals surface area contributed by atoms with Crippen molar-refractivity contribution in [1.29, 1.82) is 0 Å². The maximum atomic E-state index is 12.4. The average molecular weight is 319 g/mol. The lowest BCUT2D eigenvalue weighted by atomic mass is 10.1. The summed E-state index contributed by atoms with van der Waals surface area (Å²) in [7, 11) is 3.98. The summed E-state index contributed by atoms with van der Waals surface area (Å²) in [4.78, 5) is 14.4. The number of carbonyl (C=O) groups excluding carboxylic acids is 1. The Morgan fingerprint density at radius 3 is 2.58 bits per heavy atom. The van der Waals surface area contributed by atoms with E-state index in [-0.39, 0.29) is 5.78 Å². The molecule has 6 heteroatoms. The van der Waals surface area contributed by atoms with E-state index in [4.69, 9.17) is 0 Å². The van der Waals surface area contributed by atoms with Crippen LogP contribution in [0.5, 0.6) is 0 Å². The van der Waals surface area contributed by atoms with E-state index in [9.17, 15) is 4.79 Å².